The normalized spacial score (nSPS) is 15.1. The Bertz CT molecular complexity index is 1530. The fraction of sp³-hybridized carbons (Fsp3) is 0.214. The predicted molar refractivity (Wildman–Crippen MR) is 140 cm³/mol. The minimum absolute atomic E-state index is 0.0504. The van der Waals surface area contributed by atoms with Crippen molar-refractivity contribution in [3.05, 3.63) is 99.8 Å². The van der Waals surface area contributed by atoms with Gasteiger partial charge in [0.15, 0.2) is 0 Å². The Balaban J connectivity index is 1.63. The number of sulfonamides is 1. The van der Waals surface area contributed by atoms with Gasteiger partial charge in [0.2, 0.25) is 15.8 Å². The van der Waals surface area contributed by atoms with E-state index in [2.05, 4.69) is 4.72 Å². The average Bonchev–Trinajstić information content (AvgIpc) is 3.39. The molecule has 0 bridgehead atoms. The fourth-order valence-corrected chi connectivity index (χ4v) is 5.23. The summed E-state index contributed by atoms with van der Waals surface area (Å²) in [5.41, 5.74) is 4.31. The topological polar surface area (TPSA) is 106 Å². The lowest BCUT2D eigenvalue weighted by molar-refractivity contribution is -0.137. The van der Waals surface area contributed by atoms with Crippen LogP contribution in [0.5, 0.6) is 0 Å². The number of methoxy groups -OCH3 is 1. The van der Waals surface area contributed by atoms with Crippen molar-refractivity contribution < 1.29 is 27.2 Å². The van der Waals surface area contributed by atoms with E-state index in [1.165, 1.54) is 25.3 Å². The number of furan rings is 1. The van der Waals surface area contributed by atoms with Crippen LogP contribution < -0.4 is 9.62 Å². The van der Waals surface area contributed by atoms with Crippen LogP contribution in [-0.2, 0) is 30.9 Å². The van der Waals surface area contributed by atoms with Gasteiger partial charge in [0.05, 0.1) is 24.2 Å². The minimum atomic E-state index is -3.72. The number of allylic oxidation sites excluding steroid dienone is 2. The molecule has 0 saturated heterocycles. The molecule has 4 rings (SSSR count). The Labute approximate surface area is 216 Å². The Morgan fingerprint density at radius 3 is 2.24 bits per heavy atom. The van der Waals surface area contributed by atoms with Crippen LogP contribution >= 0.6 is 0 Å². The van der Waals surface area contributed by atoms with E-state index in [1.54, 1.807) is 36.1 Å². The van der Waals surface area contributed by atoms with E-state index in [-0.39, 0.29) is 22.7 Å². The summed E-state index contributed by atoms with van der Waals surface area (Å²) in [6.07, 6.45) is 1.54. The number of ketones is 1. The molecule has 2 heterocycles. The Hall–Kier alpha value is -3.95. The number of esters is 1. The summed E-state index contributed by atoms with van der Waals surface area (Å²) < 4.78 is 38.4. The van der Waals surface area contributed by atoms with Crippen molar-refractivity contribution in [2.45, 2.75) is 39.1 Å². The van der Waals surface area contributed by atoms with E-state index in [1.807, 2.05) is 39.0 Å². The zero-order valence-corrected chi connectivity index (χ0v) is 22.1. The fourth-order valence-electron chi connectivity index (χ4n) is 4.24. The maximum absolute atomic E-state index is 13.3. The second-order valence-electron chi connectivity index (χ2n) is 8.93. The molecule has 0 saturated carbocycles. The molecule has 37 heavy (non-hydrogen) atoms. The van der Waals surface area contributed by atoms with Crippen LogP contribution in [0.2, 0.25) is 0 Å². The number of benzene rings is 2. The molecule has 0 spiro atoms. The zero-order valence-electron chi connectivity index (χ0n) is 21.3. The van der Waals surface area contributed by atoms with Gasteiger partial charge in [-0.2, -0.15) is 0 Å². The van der Waals surface area contributed by atoms with Crippen LogP contribution in [0, 0.1) is 20.8 Å². The molecule has 2 aromatic carbocycles. The van der Waals surface area contributed by atoms with Crippen LogP contribution in [0.1, 0.15) is 35.1 Å². The van der Waals surface area contributed by atoms with Crippen LogP contribution in [0.3, 0.4) is 0 Å². The molecule has 3 aromatic rings. The summed E-state index contributed by atoms with van der Waals surface area (Å²) in [5, 5.41) is 0. The Morgan fingerprint density at radius 2 is 1.62 bits per heavy atom. The maximum atomic E-state index is 13.3. The molecular weight excluding hydrogens is 492 g/mol. The molecule has 1 aromatic heterocycles. The van der Waals surface area contributed by atoms with Crippen molar-refractivity contribution in [1.82, 2.24) is 4.72 Å². The molecule has 0 unspecified atom stereocenters. The number of carbonyl (C=O) groups excluding carboxylic acids is 2. The van der Waals surface area contributed by atoms with E-state index in [4.69, 9.17) is 9.15 Å². The van der Waals surface area contributed by atoms with Gasteiger partial charge in [0, 0.05) is 17.5 Å². The molecule has 1 aliphatic heterocycles. The SMILES string of the molecule is COC(=O)C1=C(C)N(c2cc(C)cc(C)c2)/C(=C/c2ccc(CNS(=O)(=O)c3ccc(C)cc3)o2)C1=O. The summed E-state index contributed by atoms with van der Waals surface area (Å²) in [7, 11) is -2.49. The zero-order chi connectivity index (χ0) is 26.9. The van der Waals surface area contributed by atoms with Gasteiger partial charge in [-0.1, -0.05) is 23.8 Å². The lowest BCUT2D eigenvalue weighted by Gasteiger charge is -2.22. The summed E-state index contributed by atoms with van der Waals surface area (Å²) in [4.78, 5) is 27.6. The number of nitrogens with zero attached hydrogens (tertiary/aromatic N) is 1. The monoisotopic (exact) mass is 520 g/mol. The summed E-state index contributed by atoms with van der Waals surface area (Å²) >= 11 is 0. The van der Waals surface area contributed by atoms with E-state index in [0.717, 1.165) is 22.4 Å². The molecule has 9 heteroatoms. The Morgan fingerprint density at radius 1 is 0.973 bits per heavy atom. The molecule has 1 N–H and O–H groups in total. The number of nitrogens with one attached hydrogen (secondary N) is 1. The highest BCUT2D eigenvalue weighted by Crippen LogP contribution is 2.36. The molecule has 0 amide bonds. The van der Waals surface area contributed by atoms with Crippen molar-refractivity contribution in [3.8, 4) is 0 Å². The summed E-state index contributed by atoms with van der Waals surface area (Å²) in [6, 6.07) is 15.7. The molecule has 0 fully saturated rings. The number of ether oxygens (including phenoxy) is 1. The van der Waals surface area contributed by atoms with Gasteiger partial charge >= 0.3 is 5.97 Å². The maximum Gasteiger partial charge on any atom is 0.343 e. The van der Waals surface area contributed by atoms with Crippen LogP contribution in [0.15, 0.2) is 80.9 Å². The van der Waals surface area contributed by atoms with Gasteiger partial charge in [-0.15, -0.1) is 0 Å². The third-order valence-electron chi connectivity index (χ3n) is 5.98. The first-order valence-corrected chi connectivity index (χ1v) is 13.1. The number of hydrogen-bond donors (Lipinski definition) is 1. The van der Waals surface area contributed by atoms with Crippen molar-refractivity contribution >= 4 is 33.5 Å². The smallest absolute Gasteiger partial charge is 0.343 e. The minimum Gasteiger partial charge on any atom is -0.465 e. The molecule has 0 radical (unpaired) electrons. The predicted octanol–water partition coefficient (Wildman–Crippen LogP) is 4.56. The lowest BCUT2D eigenvalue weighted by Crippen LogP contribution is -2.22. The number of aryl methyl sites for hydroxylation is 3. The second-order valence-corrected chi connectivity index (χ2v) is 10.7. The van der Waals surface area contributed by atoms with Gasteiger partial charge in [-0.25, -0.2) is 17.9 Å². The van der Waals surface area contributed by atoms with Crippen LogP contribution in [-0.4, -0.2) is 27.3 Å². The highest BCUT2D eigenvalue weighted by Gasteiger charge is 2.38. The average molecular weight is 521 g/mol. The number of rotatable bonds is 7. The van der Waals surface area contributed by atoms with Gasteiger partial charge in [-0.05, 0) is 75.2 Å². The molecule has 8 nitrogen and oxygen atoms in total. The second kappa shape index (κ2) is 10.2. The first kappa shape index (κ1) is 26.1. The third kappa shape index (κ3) is 5.42. The van der Waals surface area contributed by atoms with E-state index < -0.39 is 21.8 Å². The Kier molecular flexibility index (Phi) is 7.20. The van der Waals surface area contributed by atoms with Crippen molar-refractivity contribution in [1.29, 1.82) is 0 Å². The van der Waals surface area contributed by atoms with Gasteiger partial charge < -0.3 is 14.1 Å². The number of hydrogen-bond acceptors (Lipinski definition) is 7. The first-order valence-electron chi connectivity index (χ1n) is 11.6. The summed E-state index contributed by atoms with van der Waals surface area (Å²) in [5.74, 6) is -0.502. The van der Waals surface area contributed by atoms with E-state index in [9.17, 15) is 18.0 Å². The number of carbonyl (C=O) groups is 2. The molecule has 0 aliphatic carbocycles. The number of Topliss-reactive ketones (excluding diaryl/α,β-unsaturated/α-hetero) is 1. The molecule has 1 aliphatic rings. The number of anilines is 1. The standard InChI is InChI=1S/C28H28N2O6S/c1-17-6-10-24(11-7-17)37(33,34)29-16-23-9-8-22(36-23)15-25-27(31)26(28(32)35-5)20(4)30(25)21-13-18(2)12-19(3)14-21/h6-15,29H,16H2,1-5H3/b25-15+. The van der Waals surface area contributed by atoms with Gasteiger partial charge in [0.1, 0.15) is 17.1 Å². The van der Waals surface area contributed by atoms with Crippen molar-refractivity contribution in [2.24, 2.45) is 0 Å². The molecule has 0 atom stereocenters. The highest BCUT2D eigenvalue weighted by molar-refractivity contribution is 7.89. The first-order chi connectivity index (χ1) is 17.5. The highest BCUT2D eigenvalue weighted by atomic mass is 32.2. The van der Waals surface area contributed by atoms with Crippen LogP contribution in [0.4, 0.5) is 5.69 Å². The van der Waals surface area contributed by atoms with Crippen LogP contribution in [0.25, 0.3) is 6.08 Å². The molecular formula is C28H28N2O6S. The van der Waals surface area contributed by atoms with E-state index in [0.29, 0.717) is 17.2 Å². The third-order valence-corrected chi connectivity index (χ3v) is 7.40. The van der Waals surface area contributed by atoms with Crippen molar-refractivity contribution in [3.63, 3.8) is 0 Å². The van der Waals surface area contributed by atoms with Gasteiger partial charge in [-0.3, -0.25) is 4.79 Å². The largest absolute Gasteiger partial charge is 0.465 e. The molecule has 192 valence electrons. The quantitative estimate of drug-likeness (QED) is 0.277. The van der Waals surface area contributed by atoms with Gasteiger partial charge in [0.25, 0.3) is 0 Å². The summed E-state index contributed by atoms with van der Waals surface area (Å²) in [6.45, 7) is 7.40. The van der Waals surface area contributed by atoms with E-state index >= 15 is 0 Å². The van der Waals surface area contributed by atoms with Crippen molar-refractivity contribution in [2.75, 3.05) is 12.0 Å². The lowest BCUT2D eigenvalue weighted by atomic mass is 10.1.